The number of rotatable bonds is 6. The number of hydrogen-bond acceptors (Lipinski definition) is 3. The molecule has 2 N–H and O–H groups in total. The fraction of sp³-hybridized carbons (Fsp3) is 0.455. The molecular weight excluding hydrogens is 283 g/mol. The van der Waals surface area contributed by atoms with Gasteiger partial charge in [0.2, 0.25) is 10.0 Å². The summed E-state index contributed by atoms with van der Waals surface area (Å²) in [5, 5.41) is 9.41. The van der Waals surface area contributed by atoms with Gasteiger partial charge >= 0.3 is 6.18 Å². The van der Waals surface area contributed by atoms with Crippen LogP contribution in [0.4, 0.5) is 13.2 Å². The Bertz CT molecular complexity index is 514. The lowest BCUT2D eigenvalue weighted by molar-refractivity contribution is -0.134. The molecule has 0 bridgehead atoms. The molecule has 0 radical (unpaired) electrons. The molecule has 4 nitrogen and oxygen atoms in total. The van der Waals surface area contributed by atoms with E-state index in [1.807, 2.05) is 0 Å². The van der Waals surface area contributed by atoms with E-state index in [1.54, 1.807) is 12.1 Å². The predicted molar refractivity (Wildman–Crippen MR) is 64.0 cm³/mol. The van der Waals surface area contributed by atoms with Crippen molar-refractivity contribution >= 4 is 10.0 Å². The minimum Gasteiger partial charge on any atom is -0.508 e. The molecule has 0 aliphatic heterocycles. The fourth-order valence-electron chi connectivity index (χ4n) is 1.38. The van der Waals surface area contributed by atoms with Crippen LogP contribution in [0.25, 0.3) is 0 Å². The maximum Gasteiger partial charge on any atom is 0.389 e. The van der Waals surface area contributed by atoms with Crippen LogP contribution in [-0.4, -0.2) is 25.5 Å². The maximum atomic E-state index is 11.9. The summed E-state index contributed by atoms with van der Waals surface area (Å²) in [5.41, 5.74) is 0.363. The van der Waals surface area contributed by atoms with Gasteiger partial charge < -0.3 is 5.11 Å². The molecule has 8 heteroatoms. The monoisotopic (exact) mass is 297 g/mol. The summed E-state index contributed by atoms with van der Waals surface area (Å²) in [5.74, 6) is -0.666. The first kappa shape index (κ1) is 15.8. The molecule has 108 valence electrons. The second-order valence-electron chi connectivity index (χ2n) is 3.99. The summed E-state index contributed by atoms with van der Waals surface area (Å²) in [7, 11) is -3.78. The van der Waals surface area contributed by atoms with Gasteiger partial charge in [-0.1, -0.05) is 18.2 Å². The molecule has 0 amide bonds. The number of benzene rings is 1. The second kappa shape index (κ2) is 6.25. The Balaban J connectivity index is 2.46. The van der Waals surface area contributed by atoms with E-state index in [1.165, 1.54) is 12.1 Å². The molecule has 1 rings (SSSR count). The summed E-state index contributed by atoms with van der Waals surface area (Å²) >= 11 is 0. The Morgan fingerprint density at radius 2 is 1.84 bits per heavy atom. The zero-order chi connectivity index (χ0) is 14.5. The molecule has 1 aromatic rings. The van der Waals surface area contributed by atoms with E-state index < -0.39 is 34.8 Å². The molecule has 0 spiro atoms. The van der Waals surface area contributed by atoms with E-state index in [0.29, 0.717) is 5.56 Å². The quantitative estimate of drug-likeness (QED) is 0.845. The summed E-state index contributed by atoms with van der Waals surface area (Å²) in [6.07, 6.45) is -5.97. The number of halogens is 3. The SMILES string of the molecule is O=S(=O)(CCCC(F)(F)F)NCc1ccccc1O. The Hall–Kier alpha value is -1.28. The van der Waals surface area contributed by atoms with Crippen molar-refractivity contribution in [2.24, 2.45) is 0 Å². The highest BCUT2D eigenvalue weighted by Gasteiger charge is 2.27. The maximum absolute atomic E-state index is 11.9. The normalized spacial score (nSPS) is 12.6. The zero-order valence-corrected chi connectivity index (χ0v) is 10.8. The van der Waals surface area contributed by atoms with E-state index in [-0.39, 0.29) is 12.3 Å². The molecule has 0 atom stereocenters. The van der Waals surface area contributed by atoms with E-state index in [4.69, 9.17) is 0 Å². The smallest absolute Gasteiger partial charge is 0.389 e. The van der Waals surface area contributed by atoms with Gasteiger partial charge in [0.25, 0.3) is 0 Å². The summed E-state index contributed by atoms with van der Waals surface area (Å²) in [4.78, 5) is 0. The number of hydrogen-bond donors (Lipinski definition) is 2. The lowest BCUT2D eigenvalue weighted by Crippen LogP contribution is -2.26. The molecular formula is C11H14F3NO3S. The third kappa shape index (κ3) is 6.44. The molecule has 1 aromatic carbocycles. The third-order valence-corrected chi connectivity index (χ3v) is 3.76. The van der Waals surface area contributed by atoms with Gasteiger partial charge in [-0.05, 0) is 12.5 Å². The van der Waals surface area contributed by atoms with Gasteiger partial charge in [-0.25, -0.2) is 13.1 Å². The average molecular weight is 297 g/mol. The summed E-state index contributed by atoms with van der Waals surface area (Å²) < 4.78 is 60.7. The molecule has 0 fully saturated rings. The lowest BCUT2D eigenvalue weighted by Gasteiger charge is -2.09. The van der Waals surface area contributed by atoms with Crippen LogP contribution in [0.2, 0.25) is 0 Å². The predicted octanol–water partition coefficient (Wildman–Crippen LogP) is 2.15. The van der Waals surface area contributed by atoms with Crippen LogP contribution in [0.3, 0.4) is 0 Å². The molecule has 0 unspecified atom stereocenters. The van der Waals surface area contributed by atoms with E-state index in [2.05, 4.69) is 4.72 Å². The van der Waals surface area contributed by atoms with Crippen LogP contribution in [0.1, 0.15) is 18.4 Å². The van der Waals surface area contributed by atoms with Crippen molar-refractivity contribution in [1.82, 2.24) is 4.72 Å². The molecule has 0 aromatic heterocycles. The van der Waals surface area contributed by atoms with Crippen molar-refractivity contribution < 1.29 is 26.7 Å². The van der Waals surface area contributed by atoms with Crippen LogP contribution < -0.4 is 4.72 Å². The van der Waals surface area contributed by atoms with Crippen molar-refractivity contribution in [1.29, 1.82) is 0 Å². The highest BCUT2D eigenvalue weighted by atomic mass is 32.2. The largest absolute Gasteiger partial charge is 0.508 e. The van der Waals surface area contributed by atoms with Crippen molar-refractivity contribution in [3.05, 3.63) is 29.8 Å². The van der Waals surface area contributed by atoms with E-state index >= 15 is 0 Å². The first-order chi connectivity index (χ1) is 8.70. The fourth-order valence-corrected chi connectivity index (χ4v) is 2.43. The van der Waals surface area contributed by atoms with Crippen molar-refractivity contribution in [2.45, 2.75) is 25.6 Å². The van der Waals surface area contributed by atoms with Crippen LogP contribution in [0, 0.1) is 0 Å². The van der Waals surface area contributed by atoms with Gasteiger partial charge in [-0.2, -0.15) is 13.2 Å². The molecule has 19 heavy (non-hydrogen) atoms. The van der Waals surface area contributed by atoms with Gasteiger partial charge in [-0.3, -0.25) is 0 Å². The third-order valence-electron chi connectivity index (χ3n) is 2.35. The van der Waals surface area contributed by atoms with E-state index in [0.717, 1.165) is 0 Å². The standard InChI is InChI=1S/C11H14F3NO3S/c12-11(13,14)6-3-7-19(17,18)15-8-9-4-1-2-5-10(9)16/h1-2,4-5,15-16H,3,6-8H2. The molecule has 0 aliphatic carbocycles. The number of alkyl halides is 3. The number of para-hydroxylation sites is 1. The Kier molecular flexibility index (Phi) is 5.19. The van der Waals surface area contributed by atoms with Crippen LogP contribution in [0.15, 0.2) is 24.3 Å². The highest BCUT2D eigenvalue weighted by Crippen LogP contribution is 2.21. The first-order valence-electron chi connectivity index (χ1n) is 5.50. The number of aromatic hydroxyl groups is 1. The van der Waals surface area contributed by atoms with Gasteiger partial charge in [0.15, 0.2) is 0 Å². The summed E-state index contributed by atoms with van der Waals surface area (Å²) in [6, 6.07) is 6.12. The van der Waals surface area contributed by atoms with Crippen LogP contribution in [0.5, 0.6) is 5.75 Å². The van der Waals surface area contributed by atoms with Gasteiger partial charge in [0.1, 0.15) is 5.75 Å². The number of nitrogens with one attached hydrogen (secondary N) is 1. The van der Waals surface area contributed by atoms with Crippen molar-refractivity contribution in [3.63, 3.8) is 0 Å². The van der Waals surface area contributed by atoms with E-state index in [9.17, 15) is 26.7 Å². The van der Waals surface area contributed by atoms with Crippen molar-refractivity contribution in [3.8, 4) is 5.75 Å². The number of phenols is 1. The first-order valence-corrected chi connectivity index (χ1v) is 7.16. The molecule has 0 saturated heterocycles. The van der Waals surface area contributed by atoms with Gasteiger partial charge in [-0.15, -0.1) is 0 Å². The van der Waals surface area contributed by atoms with Crippen molar-refractivity contribution in [2.75, 3.05) is 5.75 Å². The Morgan fingerprint density at radius 3 is 2.42 bits per heavy atom. The molecule has 0 saturated carbocycles. The molecule has 0 aliphatic rings. The topological polar surface area (TPSA) is 66.4 Å². The van der Waals surface area contributed by atoms with Crippen LogP contribution >= 0.6 is 0 Å². The minimum absolute atomic E-state index is 0.0690. The van der Waals surface area contributed by atoms with Crippen LogP contribution in [-0.2, 0) is 16.6 Å². The summed E-state index contributed by atoms with van der Waals surface area (Å²) in [6.45, 7) is -0.152. The lowest BCUT2D eigenvalue weighted by atomic mass is 10.2. The highest BCUT2D eigenvalue weighted by molar-refractivity contribution is 7.89. The Labute approximate surface area is 109 Å². The number of phenolic OH excluding ortho intramolecular Hbond substituents is 1. The molecule has 0 heterocycles. The number of sulfonamides is 1. The average Bonchev–Trinajstić information content (AvgIpc) is 2.26. The zero-order valence-electron chi connectivity index (χ0n) is 9.94. The minimum atomic E-state index is -4.35. The van der Waals surface area contributed by atoms with Gasteiger partial charge in [0, 0.05) is 18.5 Å². The second-order valence-corrected chi connectivity index (χ2v) is 5.91. The Morgan fingerprint density at radius 1 is 1.21 bits per heavy atom. The van der Waals surface area contributed by atoms with Gasteiger partial charge in [0.05, 0.1) is 5.75 Å².